The van der Waals surface area contributed by atoms with Crippen LogP contribution in [0.5, 0.6) is 0 Å². The lowest BCUT2D eigenvalue weighted by Crippen LogP contribution is -2.49. The first-order valence-electron chi connectivity index (χ1n) is 10.3. The van der Waals surface area contributed by atoms with Crippen LogP contribution in [-0.2, 0) is 4.79 Å². The van der Waals surface area contributed by atoms with Gasteiger partial charge in [-0.25, -0.2) is 18.7 Å². The van der Waals surface area contributed by atoms with Gasteiger partial charge in [-0.05, 0) is 38.0 Å². The number of halogens is 2. The summed E-state index contributed by atoms with van der Waals surface area (Å²) >= 11 is 0. The number of hydrogen-bond donors (Lipinski definition) is 3. The van der Waals surface area contributed by atoms with Gasteiger partial charge in [-0.3, -0.25) is 14.6 Å². The highest BCUT2D eigenvalue weighted by Crippen LogP contribution is 2.36. The molecule has 0 spiro atoms. The predicted molar refractivity (Wildman–Crippen MR) is 117 cm³/mol. The van der Waals surface area contributed by atoms with Crippen LogP contribution in [0, 0.1) is 23.0 Å². The SMILES string of the molecule is C[C@H](NC(=O)C1(NC(=O)c2cncnc2)CC1)c1ncc(Nc2ccc(F)cc2C#N)cc1F. The molecule has 0 saturated heterocycles. The molecule has 2 amide bonds. The van der Waals surface area contributed by atoms with E-state index in [0.29, 0.717) is 18.5 Å². The first-order valence-corrected chi connectivity index (χ1v) is 10.3. The third-order valence-electron chi connectivity index (χ3n) is 5.37. The van der Waals surface area contributed by atoms with Crippen LogP contribution in [0.2, 0.25) is 0 Å². The fourth-order valence-corrected chi connectivity index (χ4v) is 3.35. The highest BCUT2D eigenvalue weighted by Gasteiger charge is 2.51. The average molecular weight is 463 g/mol. The summed E-state index contributed by atoms with van der Waals surface area (Å²) in [4.78, 5) is 36.9. The van der Waals surface area contributed by atoms with Crippen LogP contribution in [0.15, 0.2) is 49.2 Å². The summed E-state index contributed by atoms with van der Waals surface area (Å²) < 4.78 is 28.1. The van der Waals surface area contributed by atoms with Crippen LogP contribution in [0.3, 0.4) is 0 Å². The molecule has 11 heteroatoms. The number of nitrogens with one attached hydrogen (secondary N) is 3. The van der Waals surface area contributed by atoms with E-state index in [0.717, 1.165) is 6.07 Å². The highest BCUT2D eigenvalue weighted by atomic mass is 19.1. The number of hydrogen-bond acceptors (Lipinski definition) is 7. The predicted octanol–water partition coefficient (Wildman–Crippen LogP) is 2.90. The second-order valence-corrected chi connectivity index (χ2v) is 7.88. The van der Waals surface area contributed by atoms with E-state index in [1.165, 1.54) is 43.1 Å². The van der Waals surface area contributed by atoms with Crippen LogP contribution >= 0.6 is 0 Å². The van der Waals surface area contributed by atoms with Gasteiger partial charge in [0.2, 0.25) is 5.91 Å². The van der Waals surface area contributed by atoms with E-state index in [2.05, 4.69) is 30.9 Å². The molecule has 0 radical (unpaired) electrons. The Morgan fingerprint density at radius 2 is 1.88 bits per heavy atom. The largest absolute Gasteiger partial charge is 0.353 e. The third kappa shape index (κ3) is 4.80. The van der Waals surface area contributed by atoms with Crippen LogP contribution < -0.4 is 16.0 Å². The first-order chi connectivity index (χ1) is 16.3. The van der Waals surface area contributed by atoms with Crippen LogP contribution in [0.1, 0.15) is 47.4 Å². The van der Waals surface area contributed by atoms with Crippen molar-refractivity contribution in [2.75, 3.05) is 5.32 Å². The van der Waals surface area contributed by atoms with E-state index < -0.39 is 35.0 Å². The van der Waals surface area contributed by atoms with Gasteiger partial charge in [0, 0.05) is 18.5 Å². The maximum absolute atomic E-state index is 14.8. The Morgan fingerprint density at radius 3 is 2.53 bits per heavy atom. The minimum atomic E-state index is -1.07. The number of nitrogens with zero attached hydrogens (tertiary/aromatic N) is 4. The van der Waals surface area contributed by atoms with E-state index in [1.54, 1.807) is 6.92 Å². The quantitative estimate of drug-likeness (QED) is 0.491. The van der Waals surface area contributed by atoms with Crippen molar-refractivity contribution in [2.24, 2.45) is 0 Å². The number of nitriles is 1. The fourth-order valence-electron chi connectivity index (χ4n) is 3.35. The average Bonchev–Trinajstić information content (AvgIpc) is 3.61. The number of carbonyl (C=O) groups excluding carboxylic acids is 2. The summed E-state index contributed by atoms with van der Waals surface area (Å²) in [5, 5.41) is 17.4. The molecule has 1 saturated carbocycles. The zero-order chi connectivity index (χ0) is 24.3. The number of amides is 2. The molecule has 1 aliphatic rings. The van der Waals surface area contributed by atoms with Crippen LogP contribution in [-0.4, -0.2) is 32.3 Å². The first kappa shape index (κ1) is 22.7. The molecule has 3 N–H and O–H groups in total. The normalized spacial score (nSPS) is 14.4. The maximum Gasteiger partial charge on any atom is 0.255 e. The smallest absolute Gasteiger partial charge is 0.255 e. The van der Waals surface area contributed by atoms with Crippen molar-refractivity contribution in [1.29, 1.82) is 5.26 Å². The Kier molecular flexibility index (Phi) is 6.14. The lowest BCUT2D eigenvalue weighted by Gasteiger charge is -2.21. The van der Waals surface area contributed by atoms with E-state index in [1.807, 2.05) is 6.07 Å². The topological polar surface area (TPSA) is 133 Å². The maximum atomic E-state index is 14.8. The zero-order valence-electron chi connectivity index (χ0n) is 18.0. The van der Waals surface area contributed by atoms with E-state index >= 15 is 0 Å². The molecule has 2 heterocycles. The van der Waals surface area contributed by atoms with Gasteiger partial charge < -0.3 is 16.0 Å². The molecule has 34 heavy (non-hydrogen) atoms. The van der Waals surface area contributed by atoms with Gasteiger partial charge in [-0.2, -0.15) is 5.26 Å². The van der Waals surface area contributed by atoms with E-state index in [-0.39, 0.29) is 22.5 Å². The summed E-state index contributed by atoms with van der Waals surface area (Å²) in [6.45, 7) is 1.58. The van der Waals surface area contributed by atoms with E-state index in [4.69, 9.17) is 5.26 Å². The van der Waals surface area contributed by atoms with Gasteiger partial charge >= 0.3 is 0 Å². The molecule has 1 atom stereocenters. The summed E-state index contributed by atoms with van der Waals surface area (Å²) in [5.74, 6) is -2.17. The van der Waals surface area contributed by atoms with Gasteiger partial charge in [0.05, 0.1) is 40.4 Å². The van der Waals surface area contributed by atoms with Crippen molar-refractivity contribution in [2.45, 2.75) is 31.3 Å². The van der Waals surface area contributed by atoms with Crippen LogP contribution in [0.25, 0.3) is 0 Å². The molecule has 0 unspecified atom stereocenters. The number of carbonyl (C=O) groups is 2. The number of aromatic nitrogens is 3. The summed E-state index contributed by atoms with van der Waals surface area (Å²) in [6.07, 6.45) is 6.22. The standard InChI is InChI=1S/C23H19F2N7O2/c1-13(30-22(34)23(4-5-23)32-21(33)15-9-27-12-28-10-15)20-18(25)7-17(11-29-20)31-19-3-2-16(24)6-14(19)8-26/h2-3,6-7,9-13,31H,4-5H2,1H3,(H,30,34)(H,32,33)/t13-/m0/s1. The molecule has 4 rings (SSSR count). The Balaban J connectivity index is 1.42. The van der Waals surface area contributed by atoms with Crippen molar-refractivity contribution >= 4 is 23.2 Å². The van der Waals surface area contributed by atoms with Gasteiger partial charge in [-0.15, -0.1) is 0 Å². The van der Waals surface area contributed by atoms with E-state index in [9.17, 15) is 18.4 Å². The zero-order valence-corrected chi connectivity index (χ0v) is 18.0. The van der Waals surface area contributed by atoms with Crippen molar-refractivity contribution in [3.05, 3.63) is 77.6 Å². The third-order valence-corrected chi connectivity index (χ3v) is 5.37. The van der Waals surface area contributed by atoms with Crippen molar-refractivity contribution < 1.29 is 18.4 Å². The summed E-state index contributed by atoms with van der Waals surface area (Å²) in [6, 6.07) is 5.86. The molecule has 2 aromatic heterocycles. The lowest BCUT2D eigenvalue weighted by molar-refractivity contribution is -0.124. The van der Waals surface area contributed by atoms with Gasteiger partial charge in [0.1, 0.15) is 29.6 Å². The number of rotatable bonds is 7. The fraction of sp³-hybridized carbons (Fsp3) is 0.217. The minimum absolute atomic E-state index is 0.00269. The number of benzene rings is 1. The molecular weight excluding hydrogens is 444 g/mol. The molecule has 1 aromatic carbocycles. The van der Waals surface area contributed by atoms with Gasteiger partial charge in [-0.1, -0.05) is 0 Å². The van der Waals surface area contributed by atoms with Crippen molar-refractivity contribution in [3.63, 3.8) is 0 Å². The molecule has 172 valence electrons. The van der Waals surface area contributed by atoms with Gasteiger partial charge in [0.25, 0.3) is 5.91 Å². The van der Waals surface area contributed by atoms with Crippen molar-refractivity contribution in [1.82, 2.24) is 25.6 Å². The van der Waals surface area contributed by atoms with Crippen molar-refractivity contribution in [3.8, 4) is 6.07 Å². The molecular formula is C23H19F2N7O2. The highest BCUT2D eigenvalue weighted by molar-refractivity contribution is 6.00. The molecule has 0 aliphatic heterocycles. The molecule has 0 bridgehead atoms. The monoisotopic (exact) mass is 463 g/mol. The molecule has 9 nitrogen and oxygen atoms in total. The molecule has 1 fully saturated rings. The van der Waals surface area contributed by atoms with Gasteiger partial charge in [0.15, 0.2) is 0 Å². The lowest BCUT2D eigenvalue weighted by atomic mass is 10.1. The van der Waals surface area contributed by atoms with Crippen LogP contribution in [0.4, 0.5) is 20.2 Å². The minimum Gasteiger partial charge on any atom is -0.353 e. The molecule has 1 aliphatic carbocycles. The Hall–Kier alpha value is -4.46. The number of pyridine rings is 1. The molecule has 3 aromatic rings. The summed E-state index contributed by atoms with van der Waals surface area (Å²) in [7, 11) is 0. The number of anilines is 2. The second-order valence-electron chi connectivity index (χ2n) is 7.88. The summed E-state index contributed by atoms with van der Waals surface area (Å²) in [5.41, 5.74) is -0.240. The Bertz CT molecular complexity index is 1290. The Labute approximate surface area is 193 Å². The second kappa shape index (κ2) is 9.19. The Morgan fingerprint density at radius 1 is 1.15 bits per heavy atom.